The minimum atomic E-state index is -0.104. The summed E-state index contributed by atoms with van der Waals surface area (Å²) in [6, 6.07) is 7.31. The molecule has 4 nitrogen and oxygen atoms in total. The zero-order valence-corrected chi connectivity index (χ0v) is 13.7. The van der Waals surface area contributed by atoms with Crippen LogP contribution in [-0.4, -0.2) is 36.0 Å². The number of nitrogens with two attached hydrogens (primary N) is 1. The lowest BCUT2D eigenvalue weighted by atomic mass is 10.1. The number of nitrogens with zero attached hydrogens (tertiary/aromatic N) is 1. The van der Waals surface area contributed by atoms with Gasteiger partial charge in [-0.05, 0) is 31.9 Å². The van der Waals surface area contributed by atoms with Crippen LogP contribution in [0.1, 0.15) is 26.2 Å². The molecule has 1 heterocycles. The Kier molecular flexibility index (Phi) is 7.29. The van der Waals surface area contributed by atoms with Gasteiger partial charge in [0.05, 0.1) is 11.6 Å². The van der Waals surface area contributed by atoms with E-state index in [1.807, 2.05) is 30.0 Å². The Morgan fingerprint density at radius 2 is 2.24 bits per heavy atom. The van der Waals surface area contributed by atoms with E-state index in [1.54, 1.807) is 6.07 Å². The lowest BCUT2D eigenvalue weighted by molar-refractivity contribution is -0.134. The third-order valence-corrected chi connectivity index (χ3v) is 3.67. The van der Waals surface area contributed by atoms with Gasteiger partial charge in [-0.3, -0.25) is 4.79 Å². The number of piperidine rings is 1. The molecule has 0 aromatic heterocycles. The molecule has 0 bridgehead atoms. The van der Waals surface area contributed by atoms with Gasteiger partial charge in [0.1, 0.15) is 11.9 Å². The van der Waals surface area contributed by atoms with E-state index in [0.29, 0.717) is 23.7 Å². The molecule has 1 aliphatic rings. The third kappa shape index (κ3) is 5.38. The predicted octanol–water partition coefficient (Wildman–Crippen LogP) is 2.87. The van der Waals surface area contributed by atoms with E-state index in [-0.39, 0.29) is 30.5 Å². The number of benzene rings is 1. The summed E-state index contributed by atoms with van der Waals surface area (Å²) in [7, 11) is 0. The van der Waals surface area contributed by atoms with Crippen molar-refractivity contribution in [2.75, 3.05) is 13.1 Å². The van der Waals surface area contributed by atoms with Gasteiger partial charge in [0.25, 0.3) is 0 Å². The number of carbonyl (C=O) groups is 1. The molecule has 1 fully saturated rings. The van der Waals surface area contributed by atoms with Crippen molar-refractivity contribution in [3.63, 3.8) is 0 Å². The lowest BCUT2D eigenvalue weighted by Gasteiger charge is -2.33. The second kappa shape index (κ2) is 8.47. The first-order valence-electron chi connectivity index (χ1n) is 7.01. The second-order valence-corrected chi connectivity index (χ2v) is 5.74. The standard InChI is InChI=1S/C15H21ClN2O2.ClH/c1-11(17)9-15(19)18-8-4-5-12(10-18)20-14-7-3-2-6-13(14)16;/h2-3,6-7,11-12H,4-5,8-10,17H2,1H3;1H. The Labute approximate surface area is 137 Å². The highest BCUT2D eigenvalue weighted by molar-refractivity contribution is 6.32. The van der Waals surface area contributed by atoms with Gasteiger partial charge in [0, 0.05) is 19.0 Å². The maximum absolute atomic E-state index is 12.0. The third-order valence-electron chi connectivity index (χ3n) is 3.36. The van der Waals surface area contributed by atoms with Crippen molar-refractivity contribution in [2.24, 2.45) is 5.73 Å². The summed E-state index contributed by atoms with van der Waals surface area (Å²) in [5, 5.41) is 0.603. The first-order chi connectivity index (χ1) is 9.56. The molecule has 1 aromatic carbocycles. The highest BCUT2D eigenvalue weighted by Crippen LogP contribution is 2.26. The first-order valence-corrected chi connectivity index (χ1v) is 7.38. The van der Waals surface area contributed by atoms with Crippen LogP contribution >= 0.6 is 24.0 Å². The average molecular weight is 333 g/mol. The summed E-state index contributed by atoms with van der Waals surface area (Å²) < 4.78 is 5.91. The highest BCUT2D eigenvalue weighted by atomic mass is 35.5. The van der Waals surface area contributed by atoms with Gasteiger partial charge in [0.2, 0.25) is 5.91 Å². The van der Waals surface area contributed by atoms with E-state index in [0.717, 1.165) is 19.4 Å². The molecule has 0 radical (unpaired) electrons. The topological polar surface area (TPSA) is 55.6 Å². The van der Waals surface area contributed by atoms with Crippen LogP contribution in [0.3, 0.4) is 0 Å². The van der Waals surface area contributed by atoms with E-state index in [9.17, 15) is 4.79 Å². The van der Waals surface area contributed by atoms with E-state index in [4.69, 9.17) is 22.1 Å². The summed E-state index contributed by atoms with van der Waals surface area (Å²) in [6.07, 6.45) is 2.27. The van der Waals surface area contributed by atoms with Crippen molar-refractivity contribution >= 4 is 29.9 Å². The maximum Gasteiger partial charge on any atom is 0.224 e. The number of ether oxygens (including phenoxy) is 1. The van der Waals surface area contributed by atoms with E-state index in [2.05, 4.69) is 0 Å². The van der Waals surface area contributed by atoms with E-state index < -0.39 is 0 Å². The summed E-state index contributed by atoms with van der Waals surface area (Å²) in [6.45, 7) is 3.24. The minimum Gasteiger partial charge on any atom is -0.487 e. The van der Waals surface area contributed by atoms with Crippen molar-refractivity contribution in [1.29, 1.82) is 0 Å². The second-order valence-electron chi connectivity index (χ2n) is 5.33. The van der Waals surface area contributed by atoms with Gasteiger partial charge in [-0.2, -0.15) is 0 Å². The maximum atomic E-state index is 12.0. The lowest BCUT2D eigenvalue weighted by Crippen LogP contribution is -2.45. The Balaban J connectivity index is 0.00000220. The molecule has 6 heteroatoms. The van der Waals surface area contributed by atoms with Crippen LogP contribution in [0.25, 0.3) is 0 Å². The quantitative estimate of drug-likeness (QED) is 0.922. The number of para-hydroxylation sites is 1. The minimum absolute atomic E-state index is 0. The molecule has 0 saturated carbocycles. The molecule has 1 amide bonds. The van der Waals surface area contributed by atoms with E-state index >= 15 is 0 Å². The summed E-state index contributed by atoms with van der Waals surface area (Å²) in [4.78, 5) is 13.9. The summed E-state index contributed by atoms with van der Waals surface area (Å²) in [5.74, 6) is 0.785. The van der Waals surface area contributed by atoms with Gasteiger partial charge in [-0.25, -0.2) is 0 Å². The molecule has 1 aliphatic heterocycles. The Bertz CT molecular complexity index is 469. The van der Waals surface area contributed by atoms with Crippen LogP contribution in [0.5, 0.6) is 5.75 Å². The fourth-order valence-corrected chi connectivity index (χ4v) is 2.57. The monoisotopic (exact) mass is 332 g/mol. The smallest absolute Gasteiger partial charge is 0.224 e. The van der Waals surface area contributed by atoms with Gasteiger partial charge in [-0.1, -0.05) is 23.7 Å². The van der Waals surface area contributed by atoms with Crippen LogP contribution in [0.4, 0.5) is 0 Å². The van der Waals surface area contributed by atoms with Crippen LogP contribution < -0.4 is 10.5 Å². The number of hydrogen-bond donors (Lipinski definition) is 1. The summed E-state index contributed by atoms with van der Waals surface area (Å²) >= 11 is 6.09. The van der Waals surface area contributed by atoms with Gasteiger partial charge in [-0.15, -0.1) is 12.4 Å². The van der Waals surface area contributed by atoms with Crippen LogP contribution in [0.15, 0.2) is 24.3 Å². The Morgan fingerprint density at radius 3 is 2.90 bits per heavy atom. The zero-order valence-electron chi connectivity index (χ0n) is 12.1. The Hall–Kier alpha value is -0.970. The normalized spacial score (nSPS) is 19.6. The molecule has 118 valence electrons. The first kappa shape index (κ1) is 18.1. The average Bonchev–Trinajstić information content (AvgIpc) is 2.41. The van der Waals surface area contributed by atoms with E-state index in [1.165, 1.54) is 0 Å². The SMILES string of the molecule is CC(N)CC(=O)N1CCCC(Oc2ccccc2Cl)C1.Cl. The van der Waals surface area contributed by atoms with Crippen molar-refractivity contribution in [3.8, 4) is 5.75 Å². The number of carbonyl (C=O) groups excluding carboxylic acids is 1. The predicted molar refractivity (Wildman–Crippen MR) is 87.2 cm³/mol. The van der Waals surface area contributed by atoms with Crippen LogP contribution in [0, 0.1) is 0 Å². The molecule has 1 saturated heterocycles. The number of hydrogen-bond acceptors (Lipinski definition) is 3. The van der Waals surface area contributed by atoms with Gasteiger partial charge in [0.15, 0.2) is 0 Å². The number of likely N-dealkylation sites (tertiary alicyclic amines) is 1. The van der Waals surface area contributed by atoms with Gasteiger partial charge < -0.3 is 15.4 Å². The molecule has 2 atom stereocenters. The van der Waals surface area contributed by atoms with Crippen molar-refractivity contribution in [2.45, 2.75) is 38.3 Å². The van der Waals surface area contributed by atoms with Crippen LogP contribution in [-0.2, 0) is 4.79 Å². The fraction of sp³-hybridized carbons (Fsp3) is 0.533. The van der Waals surface area contributed by atoms with Crippen molar-refractivity contribution in [1.82, 2.24) is 4.90 Å². The molecular formula is C15H22Cl2N2O2. The Morgan fingerprint density at radius 1 is 1.52 bits per heavy atom. The van der Waals surface area contributed by atoms with Crippen LogP contribution in [0.2, 0.25) is 5.02 Å². The molecule has 2 unspecified atom stereocenters. The van der Waals surface area contributed by atoms with Gasteiger partial charge >= 0.3 is 0 Å². The molecule has 0 spiro atoms. The molecule has 2 rings (SSSR count). The molecule has 2 N–H and O–H groups in total. The van der Waals surface area contributed by atoms with Crippen molar-refractivity contribution in [3.05, 3.63) is 29.3 Å². The summed E-state index contributed by atoms with van der Waals surface area (Å²) in [5.41, 5.74) is 5.68. The molecular weight excluding hydrogens is 311 g/mol. The zero-order chi connectivity index (χ0) is 14.5. The number of amides is 1. The fourth-order valence-electron chi connectivity index (χ4n) is 2.39. The number of halogens is 2. The highest BCUT2D eigenvalue weighted by Gasteiger charge is 2.25. The van der Waals surface area contributed by atoms with Crippen molar-refractivity contribution < 1.29 is 9.53 Å². The number of rotatable bonds is 4. The molecule has 21 heavy (non-hydrogen) atoms. The molecule has 0 aliphatic carbocycles. The molecule has 1 aromatic rings. The largest absolute Gasteiger partial charge is 0.487 e.